The summed E-state index contributed by atoms with van der Waals surface area (Å²) in [6.45, 7) is 7.76. The summed E-state index contributed by atoms with van der Waals surface area (Å²) in [5.41, 5.74) is 9.04. The quantitative estimate of drug-likeness (QED) is 0.851. The fourth-order valence-corrected chi connectivity index (χ4v) is 3.94. The third kappa shape index (κ3) is 1.89. The van der Waals surface area contributed by atoms with Crippen molar-refractivity contribution in [2.24, 2.45) is 5.73 Å². The molecule has 1 heterocycles. The van der Waals surface area contributed by atoms with Gasteiger partial charge >= 0.3 is 0 Å². The van der Waals surface area contributed by atoms with Crippen LogP contribution in [-0.2, 0) is 10.2 Å². The highest BCUT2D eigenvalue weighted by Gasteiger charge is 2.39. The molecule has 1 aromatic rings. The van der Waals surface area contributed by atoms with Crippen molar-refractivity contribution < 1.29 is 0 Å². The van der Waals surface area contributed by atoms with Gasteiger partial charge in [0.15, 0.2) is 0 Å². The predicted octanol–water partition coefficient (Wildman–Crippen LogP) is 3.28. The number of thioether (sulfide) groups is 1. The van der Waals surface area contributed by atoms with Crippen molar-refractivity contribution in [3.63, 3.8) is 0 Å². The summed E-state index contributed by atoms with van der Waals surface area (Å²) in [5, 5.41) is 0. The molecule has 0 aromatic heterocycles. The largest absolute Gasteiger partial charge is 0.330 e. The van der Waals surface area contributed by atoms with Gasteiger partial charge in [0.25, 0.3) is 0 Å². The predicted molar refractivity (Wildman–Crippen MR) is 72.9 cm³/mol. The number of fused-ring (bicyclic) bond motifs is 1. The molecule has 0 saturated heterocycles. The van der Waals surface area contributed by atoms with Gasteiger partial charge < -0.3 is 5.73 Å². The van der Waals surface area contributed by atoms with E-state index in [-0.39, 0.29) is 10.2 Å². The molecule has 1 nitrogen and oxygen atoms in total. The highest BCUT2D eigenvalue weighted by molar-refractivity contribution is 8.00. The summed E-state index contributed by atoms with van der Waals surface area (Å²) in [7, 11) is 0. The molecule has 0 spiro atoms. The summed E-state index contributed by atoms with van der Waals surface area (Å²) < 4.78 is 0.209. The van der Waals surface area contributed by atoms with Gasteiger partial charge in [0.1, 0.15) is 0 Å². The van der Waals surface area contributed by atoms with Crippen molar-refractivity contribution in [3.8, 4) is 0 Å². The number of hydrogen-bond acceptors (Lipinski definition) is 2. The Bertz CT molecular complexity index is 386. The lowest BCUT2D eigenvalue weighted by Gasteiger charge is -2.43. The summed E-state index contributed by atoms with van der Waals surface area (Å²) in [6.07, 6.45) is 1.06. The summed E-state index contributed by atoms with van der Waals surface area (Å²) in [6, 6.07) is 8.86. The van der Waals surface area contributed by atoms with Gasteiger partial charge in [-0.2, -0.15) is 0 Å². The number of rotatable bonds is 2. The highest BCUT2D eigenvalue weighted by Crippen LogP contribution is 2.50. The van der Waals surface area contributed by atoms with Crippen molar-refractivity contribution in [1.82, 2.24) is 0 Å². The van der Waals surface area contributed by atoms with Crippen LogP contribution in [0.5, 0.6) is 0 Å². The zero-order valence-corrected chi connectivity index (χ0v) is 11.2. The van der Waals surface area contributed by atoms with Gasteiger partial charge in [-0.1, -0.05) is 38.1 Å². The number of benzene rings is 1. The molecule has 0 saturated carbocycles. The highest BCUT2D eigenvalue weighted by atomic mass is 32.2. The normalized spacial score (nSPS) is 27.5. The maximum Gasteiger partial charge on any atom is 0.0395 e. The molecule has 2 rings (SSSR count). The monoisotopic (exact) mass is 235 g/mol. The van der Waals surface area contributed by atoms with Crippen LogP contribution in [0.1, 0.15) is 38.3 Å². The zero-order valence-electron chi connectivity index (χ0n) is 10.4. The van der Waals surface area contributed by atoms with Crippen molar-refractivity contribution in [2.75, 3.05) is 12.3 Å². The first-order valence-electron chi connectivity index (χ1n) is 5.94. The molecule has 1 aromatic carbocycles. The second-order valence-electron chi connectivity index (χ2n) is 5.49. The summed E-state index contributed by atoms with van der Waals surface area (Å²) in [4.78, 5) is 0. The molecule has 0 bridgehead atoms. The van der Waals surface area contributed by atoms with Gasteiger partial charge in [-0.05, 0) is 36.4 Å². The van der Waals surface area contributed by atoms with Crippen LogP contribution >= 0.6 is 11.8 Å². The minimum Gasteiger partial charge on any atom is -0.330 e. The van der Waals surface area contributed by atoms with Crippen LogP contribution in [-0.4, -0.2) is 12.3 Å². The first kappa shape index (κ1) is 12.0. The molecule has 0 amide bonds. The van der Waals surface area contributed by atoms with Crippen molar-refractivity contribution in [2.45, 2.75) is 37.4 Å². The first-order valence-corrected chi connectivity index (χ1v) is 6.92. The average molecular weight is 235 g/mol. The van der Waals surface area contributed by atoms with E-state index in [4.69, 9.17) is 5.73 Å². The fraction of sp³-hybridized carbons (Fsp3) is 0.571. The number of hydrogen-bond donors (Lipinski definition) is 1. The van der Waals surface area contributed by atoms with Crippen LogP contribution in [0.25, 0.3) is 0 Å². The Morgan fingerprint density at radius 3 is 2.44 bits per heavy atom. The van der Waals surface area contributed by atoms with E-state index in [1.807, 2.05) is 0 Å². The Morgan fingerprint density at radius 2 is 1.81 bits per heavy atom. The SMILES string of the molecule is CC1(C)CSC(C)(CCN)c2ccccc21. The Hall–Kier alpha value is -0.470. The van der Waals surface area contributed by atoms with Crippen LogP contribution in [0, 0.1) is 0 Å². The molecule has 16 heavy (non-hydrogen) atoms. The third-order valence-electron chi connectivity index (χ3n) is 3.60. The third-order valence-corrected chi connectivity index (χ3v) is 5.53. The van der Waals surface area contributed by atoms with Crippen LogP contribution in [0.4, 0.5) is 0 Å². The second kappa shape index (κ2) is 4.08. The van der Waals surface area contributed by atoms with Crippen molar-refractivity contribution >= 4 is 11.8 Å². The van der Waals surface area contributed by atoms with Crippen LogP contribution < -0.4 is 5.73 Å². The lowest BCUT2D eigenvalue weighted by molar-refractivity contribution is 0.532. The molecule has 88 valence electrons. The molecule has 0 fully saturated rings. The first-order chi connectivity index (χ1) is 7.49. The van der Waals surface area contributed by atoms with Crippen LogP contribution in [0.15, 0.2) is 24.3 Å². The van der Waals surface area contributed by atoms with Crippen molar-refractivity contribution in [3.05, 3.63) is 35.4 Å². The molecule has 1 aliphatic heterocycles. The van der Waals surface area contributed by atoms with Crippen molar-refractivity contribution in [1.29, 1.82) is 0 Å². The molecular formula is C14H21NS. The van der Waals surface area contributed by atoms with Gasteiger partial charge in [0.2, 0.25) is 0 Å². The van der Waals surface area contributed by atoms with E-state index < -0.39 is 0 Å². The van der Waals surface area contributed by atoms with Gasteiger partial charge in [-0.3, -0.25) is 0 Å². The van der Waals surface area contributed by atoms with Crippen LogP contribution in [0.3, 0.4) is 0 Å². The second-order valence-corrected chi connectivity index (χ2v) is 6.97. The molecule has 1 unspecified atom stereocenters. The molecule has 2 N–H and O–H groups in total. The van der Waals surface area contributed by atoms with E-state index in [2.05, 4.69) is 56.8 Å². The average Bonchev–Trinajstić information content (AvgIpc) is 2.26. The van der Waals surface area contributed by atoms with E-state index in [1.54, 1.807) is 0 Å². The Balaban J connectivity index is 2.51. The molecule has 0 aliphatic carbocycles. The van der Waals surface area contributed by atoms with Gasteiger partial charge in [0.05, 0.1) is 0 Å². The lowest BCUT2D eigenvalue weighted by Crippen LogP contribution is -2.36. The minimum atomic E-state index is 0.209. The summed E-state index contributed by atoms with van der Waals surface area (Å²) >= 11 is 2.06. The Labute approximate surface area is 103 Å². The van der Waals surface area contributed by atoms with E-state index in [0.717, 1.165) is 13.0 Å². The maximum atomic E-state index is 5.76. The molecular weight excluding hydrogens is 214 g/mol. The van der Waals surface area contributed by atoms with E-state index in [9.17, 15) is 0 Å². The van der Waals surface area contributed by atoms with Gasteiger partial charge in [-0.25, -0.2) is 0 Å². The molecule has 1 atom stereocenters. The Morgan fingerprint density at radius 1 is 1.19 bits per heavy atom. The zero-order chi connectivity index (χ0) is 11.8. The van der Waals surface area contributed by atoms with E-state index in [1.165, 1.54) is 16.9 Å². The topological polar surface area (TPSA) is 26.0 Å². The maximum absolute atomic E-state index is 5.76. The van der Waals surface area contributed by atoms with Crippen LogP contribution in [0.2, 0.25) is 0 Å². The fourth-order valence-electron chi connectivity index (χ4n) is 2.51. The number of nitrogens with two attached hydrogens (primary N) is 1. The van der Waals surface area contributed by atoms with E-state index in [0.29, 0.717) is 0 Å². The molecule has 2 heteroatoms. The molecule has 0 radical (unpaired) electrons. The van der Waals surface area contributed by atoms with Gasteiger partial charge in [-0.15, -0.1) is 11.8 Å². The summed E-state index contributed by atoms with van der Waals surface area (Å²) in [5.74, 6) is 1.18. The standard InChI is InChI=1S/C14H21NS/c1-13(2)10-16-14(3,8-9-15)12-7-5-4-6-11(12)13/h4-7H,8-10,15H2,1-3H3. The van der Waals surface area contributed by atoms with E-state index >= 15 is 0 Å². The Kier molecular flexibility index (Phi) is 3.06. The smallest absolute Gasteiger partial charge is 0.0395 e. The molecule has 1 aliphatic rings. The van der Waals surface area contributed by atoms with Gasteiger partial charge in [0, 0.05) is 10.5 Å². The minimum absolute atomic E-state index is 0.209. The lowest BCUT2D eigenvalue weighted by atomic mass is 9.78.